The number of aromatic nitrogens is 2. The average Bonchev–Trinajstić information content (AvgIpc) is 2.17. The maximum absolute atomic E-state index is 4.26. The van der Waals surface area contributed by atoms with Gasteiger partial charge in [0.1, 0.15) is 5.82 Å². The van der Waals surface area contributed by atoms with Gasteiger partial charge in [-0.3, -0.25) is 0 Å². The van der Waals surface area contributed by atoms with Gasteiger partial charge in [0.25, 0.3) is 0 Å². The van der Waals surface area contributed by atoms with Crippen LogP contribution in [0.25, 0.3) is 0 Å². The van der Waals surface area contributed by atoms with Crippen LogP contribution in [0.1, 0.15) is 33.5 Å². The summed E-state index contributed by atoms with van der Waals surface area (Å²) in [5, 5.41) is 3.49. The molecule has 0 aromatic carbocycles. The zero-order chi connectivity index (χ0) is 11.3. The van der Waals surface area contributed by atoms with Crippen molar-refractivity contribution in [3.05, 3.63) is 24.3 Å². The van der Waals surface area contributed by atoms with Gasteiger partial charge in [-0.1, -0.05) is 27.7 Å². The van der Waals surface area contributed by atoms with Crippen molar-refractivity contribution in [1.29, 1.82) is 0 Å². The molecule has 0 aliphatic heterocycles. The highest BCUT2D eigenvalue weighted by Crippen LogP contribution is 2.21. The lowest BCUT2D eigenvalue weighted by Crippen LogP contribution is -2.42. The zero-order valence-corrected chi connectivity index (χ0v) is 10.1. The predicted molar refractivity (Wildman–Crippen MR) is 62.7 cm³/mol. The first-order chi connectivity index (χ1) is 7.04. The minimum Gasteiger partial charge on any atom is -0.313 e. The second kappa shape index (κ2) is 5.21. The largest absolute Gasteiger partial charge is 0.313 e. The van der Waals surface area contributed by atoms with E-state index in [2.05, 4.69) is 43.0 Å². The quantitative estimate of drug-likeness (QED) is 0.821. The highest BCUT2D eigenvalue weighted by atomic mass is 14.9. The molecule has 0 aliphatic carbocycles. The molecule has 1 heterocycles. The molecule has 0 fully saturated rings. The topological polar surface area (TPSA) is 37.8 Å². The summed E-state index contributed by atoms with van der Waals surface area (Å²) in [7, 11) is 0. The van der Waals surface area contributed by atoms with E-state index < -0.39 is 0 Å². The molecule has 1 unspecified atom stereocenters. The van der Waals surface area contributed by atoms with Gasteiger partial charge < -0.3 is 5.32 Å². The van der Waals surface area contributed by atoms with Crippen LogP contribution in [0, 0.1) is 5.41 Å². The Hall–Kier alpha value is -0.960. The van der Waals surface area contributed by atoms with Crippen LogP contribution in [-0.4, -0.2) is 22.6 Å². The summed E-state index contributed by atoms with van der Waals surface area (Å²) in [5.74, 6) is 0.915. The summed E-state index contributed by atoms with van der Waals surface area (Å²) < 4.78 is 0. The Morgan fingerprint density at radius 3 is 2.33 bits per heavy atom. The van der Waals surface area contributed by atoms with Gasteiger partial charge in [-0.15, -0.1) is 0 Å². The Bertz CT molecular complexity index is 277. The van der Waals surface area contributed by atoms with E-state index in [1.54, 1.807) is 12.4 Å². The normalized spacial score (nSPS) is 13.9. The van der Waals surface area contributed by atoms with Crippen LogP contribution in [0.15, 0.2) is 18.5 Å². The van der Waals surface area contributed by atoms with Crippen LogP contribution in [0.2, 0.25) is 0 Å². The highest BCUT2D eigenvalue weighted by molar-refractivity contribution is 4.95. The molecular formula is C12H21N3. The molecule has 1 N–H and O–H groups in total. The lowest BCUT2D eigenvalue weighted by atomic mass is 9.84. The van der Waals surface area contributed by atoms with Crippen molar-refractivity contribution in [3.8, 4) is 0 Å². The number of nitrogens with zero attached hydrogens (tertiary/aromatic N) is 2. The smallest absolute Gasteiger partial charge is 0.129 e. The molecule has 84 valence electrons. The molecule has 0 aliphatic rings. The van der Waals surface area contributed by atoms with E-state index in [9.17, 15) is 0 Å². The van der Waals surface area contributed by atoms with Crippen molar-refractivity contribution in [3.63, 3.8) is 0 Å². The molecule has 1 rings (SSSR count). The van der Waals surface area contributed by atoms with Gasteiger partial charge in [0.15, 0.2) is 0 Å². The molecule has 0 saturated heterocycles. The summed E-state index contributed by atoms with van der Waals surface area (Å²) in [5.41, 5.74) is 0.231. The number of rotatable bonds is 4. The Morgan fingerprint density at radius 2 is 1.87 bits per heavy atom. The third-order valence-corrected chi connectivity index (χ3v) is 2.50. The van der Waals surface area contributed by atoms with Crippen LogP contribution in [0.4, 0.5) is 0 Å². The van der Waals surface area contributed by atoms with E-state index in [0.717, 1.165) is 18.8 Å². The summed E-state index contributed by atoms with van der Waals surface area (Å²) in [6.07, 6.45) is 4.49. The first-order valence-corrected chi connectivity index (χ1v) is 5.53. The summed E-state index contributed by atoms with van der Waals surface area (Å²) in [6, 6.07) is 2.27. The van der Waals surface area contributed by atoms with Crippen molar-refractivity contribution in [1.82, 2.24) is 15.3 Å². The summed E-state index contributed by atoms with van der Waals surface area (Å²) in [6.45, 7) is 9.83. The van der Waals surface area contributed by atoms with Crippen molar-refractivity contribution in [2.45, 2.75) is 40.2 Å². The molecule has 3 nitrogen and oxygen atoms in total. The monoisotopic (exact) mass is 207 g/mol. The van der Waals surface area contributed by atoms with Gasteiger partial charge >= 0.3 is 0 Å². The molecule has 1 atom stereocenters. The molecule has 3 heteroatoms. The Morgan fingerprint density at radius 1 is 1.27 bits per heavy atom. The fraction of sp³-hybridized carbons (Fsp3) is 0.667. The van der Waals surface area contributed by atoms with Crippen molar-refractivity contribution >= 4 is 0 Å². The second-order valence-corrected chi connectivity index (χ2v) is 4.85. The van der Waals surface area contributed by atoms with E-state index >= 15 is 0 Å². The highest BCUT2D eigenvalue weighted by Gasteiger charge is 2.24. The molecule has 0 radical (unpaired) electrons. The molecule has 0 bridgehead atoms. The minimum absolute atomic E-state index is 0.231. The van der Waals surface area contributed by atoms with E-state index in [1.807, 2.05) is 6.07 Å². The molecule has 1 aromatic heterocycles. The first kappa shape index (κ1) is 12.1. The maximum atomic E-state index is 4.26. The number of hydrogen-bond donors (Lipinski definition) is 1. The Labute approximate surface area is 92.3 Å². The Balaban J connectivity index is 2.67. The van der Waals surface area contributed by atoms with Crippen molar-refractivity contribution < 1.29 is 0 Å². The standard InChI is InChI=1S/C12H21N3/c1-5-13-10(12(2,3)4)9-11-14-7-6-8-15-11/h6-8,10,13H,5,9H2,1-4H3. The lowest BCUT2D eigenvalue weighted by molar-refractivity contribution is 0.267. The summed E-state index contributed by atoms with van der Waals surface area (Å²) in [4.78, 5) is 8.53. The van der Waals surface area contributed by atoms with Crippen LogP contribution < -0.4 is 5.32 Å². The van der Waals surface area contributed by atoms with Gasteiger partial charge in [-0.25, -0.2) is 9.97 Å². The number of hydrogen-bond acceptors (Lipinski definition) is 3. The Kier molecular flexibility index (Phi) is 4.21. The lowest BCUT2D eigenvalue weighted by Gasteiger charge is -2.30. The average molecular weight is 207 g/mol. The number of nitrogens with one attached hydrogen (secondary N) is 1. The third kappa shape index (κ3) is 3.96. The van der Waals surface area contributed by atoms with Crippen molar-refractivity contribution in [2.75, 3.05) is 6.54 Å². The van der Waals surface area contributed by atoms with Crippen LogP contribution in [0.3, 0.4) is 0 Å². The van der Waals surface area contributed by atoms with Gasteiger partial charge in [0, 0.05) is 24.9 Å². The molecule has 0 amide bonds. The SMILES string of the molecule is CCNC(Cc1ncccn1)C(C)(C)C. The van der Waals surface area contributed by atoms with Crippen molar-refractivity contribution in [2.24, 2.45) is 5.41 Å². The maximum Gasteiger partial charge on any atom is 0.129 e. The molecule has 0 saturated carbocycles. The summed E-state index contributed by atoms with van der Waals surface area (Å²) >= 11 is 0. The third-order valence-electron chi connectivity index (χ3n) is 2.50. The van der Waals surface area contributed by atoms with Crippen LogP contribution >= 0.6 is 0 Å². The molecule has 0 spiro atoms. The van der Waals surface area contributed by atoms with Crippen LogP contribution in [0.5, 0.6) is 0 Å². The zero-order valence-electron chi connectivity index (χ0n) is 10.1. The number of likely N-dealkylation sites (N-methyl/N-ethyl adjacent to an activating group) is 1. The second-order valence-electron chi connectivity index (χ2n) is 4.85. The van der Waals surface area contributed by atoms with Gasteiger partial charge in [-0.2, -0.15) is 0 Å². The van der Waals surface area contributed by atoms with E-state index in [0.29, 0.717) is 6.04 Å². The predicted octanol–water partition coefficient (Wildman–Crippen LogP) is 2.04. The van der Waals surface area contributed by atoms with Gasteiger partial charge in [0.05, 0.1) is 0 Å². The molecule has 1 aromatic rings. The van der Waals surface area contributed by atoms with Gasteiger partial charge in [0.2, 0.25) is 0 Å². The van der Waals surface area contributed by atoms with E-state index in [1.165, 1.54) is 0 Å². The first-order valence-electron chi connectivity index (χ1n) is 5.53. The van der Waals surface area contributed by atoms with E-state index in [-0.39, 0.29) is 5.41 Å². The van der Waals surface area contributed by atoms with Gasteiger partial charge in [-0.05, 0) is 18.0 Å². The fourth-order valence-electron chi connectivity index (χ4n) is 1.55. The fourth-order valence-corrected chi connectivity index (χ4v) is 1.55. The minimum atomic E-state index is 0.231. The molecular weight excluding hydrogens is 186 g/mol. The van der Waals surface area contributed by atoms with E-state index in [4.69, 9.17) is 0 Å². The molecule has 15 heavy (non-hydrogen) atoms. The van der Waals surface area contributed by atoms with Crippen LogP contribution in [-0.2, 0) is 6.42 Å².